The summed E-state index contributed by atoms with van der Waals surface area (Å²) in [6.07, 6.45) is 1.37. The average molecular weight is 381 g/mol. The number of nitrogens with zero attached hydrogens (tertiary/aromatic N) is 5. The number of carbonyl (C=O) groups is 1. The number of pyridine rings is 1. The summed E-state index contributed by atoms with van der Waals surface area (Å²) in [6.45, 7) is 1.38. The van der Waals surface area contributed by atoms with Crippen molar-refractivity contribution in [3.05, 3.63) is 18.7 Å². The van der Waals surface area contributed by atoms with Gasteiger partial charge in [-0.15, -0.1) is 0 Å². The van der Waals surface area contributed by atoms with Gasteiger partial charge in [0.05, 0.1) is 35.7 Å². The first kappa shape index (κ1) is 17.6. The van der Waals surface area contributed by atoms with Gasteiger partial charge >= 0.3 is 12.2 Å². The first-order chi connectivity index (χ1) is 12.9. The molecular formula is C16H18F3N7O. The molecule has 0 aromatic carbocycles. The molecule has 4 heterocycles. The lowest BCUT2D eigenvalue weighted by Gasteiger charge is -2.19. The fourth-order valence-corrected chi connectivity index (χ4v) is 3.70. The monoisotopic (exact) mass is 381 g/mol. The molecule has 3 aromatic rings. The van der Waals surface area contributed by atoms with Gasteiger partial charge in [0.25, 0.3) is 0 Å². The summed E-state index contributed by atoms with van der Waals surface area (Å²) in [5, 5.41) is 9.61. The van der Waals surface area contributed by atoms with E-state index in [0.29, 0.717) is 24.3 Å². The fraction of sp³-hybridized carbons (Fsp3) is 0.500. The van der Waals surface area contributed by atoms with Crippen LogP contribution in [0.1, 0.15) is 19.4 Å². The minimum atomic E-state index is -4.43. The summed E-state index contributed by atoms with van der Waals surface area (Å²) in [5.74, 6) is 0.106. The van der Waals surface area contributed by atoms with E-state index in [4.69, 9.17) is 0 Å². The molecule has 0 bridgehead atoms. The number of carbonyl (C=O) groups excluding carboxylic acids is 1. The number of imidazole rings is 1. The van der Waals surface area contributed by atoms with Crippen LogP contribution in [-0.2, 0) is 0 Å². The Labute approximate surface area is 151 Å². The zero-order chi connectivity index (χ0) is 19.2. The van der Waals surface area contributed by atoms with E-state index in [1.807, 2.05) is 16.8 Å². The van der Waals surface area contributed by atoms with E-state index in [1.165, 1.54) is 4.90 Å². The number of rotatable bonds is 3. The third kappa shape index (κ3) is 3.17. The van der Waals surface area contributed by atoms with Crippen LogP contribution in [0.3, 0.4) is 0 Å². The lowest BCUT2D eigenvalue weighted by molar-refractivity contribution is -0.123. The summed E-state index contributed by atoms with van der Waals surface area (Å²) in [5.41, 5.74) is 2.20. The van der Waals surface area contributed by atoms with E-state index in [2.05, 4.69) is 20.2 Å². The number of halogens is 3. The van der Waals surface area contributed by atoms with Crippen molar-refractivity contribution in [1.82, 2.24) is 34.9 Å². The number of amides is 2. The third-order valence-electron chi connectivity index (χ3n) is 5.03. The van der Waals surface area contributed by atoms with E-state index in [9.17, 15) is 18.0 Å². The SMILES string of the molecule is CCC1CN(C(=O)NCC(F)(F)F)CC1n1cnc2cnc3[nH]ncc3c21. The van der Waals surface area contributed by atoms with E-state index in [1.54, 1.807) is 18.7 Å². The second-order valence-corrected chi connectivity index (χ2v) is 6.69. The molecule has 0 saturated carbocycles. The van der Waals surface area contributed by atoms with Gasteiger partial charge in [-0.25, -0.2) is 14.8 Å². The Morgan fingerprint density at radius 1 is 1.33 bits per heavy atom. The van der Waals surface area contributed by atoms with Crippen LogP contribution >= 0.6 is 0 Å². The van der Waals surface area contributed by atoms with Gasteiger partial charge in [-0.2, -0.15) is 18.3 Å². The lowest BCUT2D eigenvalue weighted by Crippen LogP contribution is -2.42. The first-order valence-corrected chi connectivity index (χ1v) is 8.61. The van der Waals surface area contributed by atoms with Crippen LogP contribution in [0.15, 0.2) is 18.7 Å². The van der Waals surface area contributed by atoms with Crippen LogP contribution in [0.2, 0.25) is 0 Å². The Bertz CT molecular complexity index is 979. The van der Waals surface area contributed by atoms with Crippen LogP contribution in [0.25, 0.3) is 22.1 Å². The minimum Gasteiger partial charge on any atom is -0.329 e. The van der Waals surface area contributed by atoms with Crippen molar-refractivity contribution in [3.63, 3.8) is 0 Å². The molecule has 2 amide bonds. The number of urea groups is 1. The Morgan fingerprint density at radius 2 is 2.15 bits per heavy atom. The summed E-state index contributed by atoms with van der Waals surface area (Å²) < 4.78 is 39.1. The first-order valence-electron chi connectivity index (χ1n) is 8.61. The molecule has 2 unspecified atom stereocenters. The molecular weight excluding hydrogens is 363 g/mol. The summed E-state index contributed by atoms with van der Waals surface area (Å²) in [7, 11) is 0. The van der Waals surface area contributed by atoms with Gasteiger partial charge in [0.1, 0.15) is 12.1 Å². The number of hydrogen-bond donors (Lipinski definition) is 2. The average Bonchev–Trinajstić information content (AvgIpc) is 3.33. The van der Waals surface area contributed by atoms with Crippen LogP contribution in [0.5, 0.6) is 0 Å². The van der Waals surface area contributed by atoms with Gasteiger partial charge in [0, 0.05) is 13.1 Å². The van der Waals surface area contributed by atoms with Crippen molar-refractivity contribution in [2.75, 3.05) is 19.6 Å². The van der Waals surface area contributed by atoms with Crippen molar-refractivity contribution in [1.29, 1.82) is 0 Å². The van der Waals surface area contributed by atoms with Gasteiger partial charge in [0.2, 0.25) is 0 Å². The molecule has 27 heavy (non-hydrogen) atoms. The summed E-state index contributed by atoms with van der Waals surface area (Å²) in [4.78, 5) is 22.3. The topological polar surface area (TPSA) is 91.7 Å². The van der Waals surface area contributed by atoms with Gasteiger partial charge in [-0.1, -0.05) is 6.92 Å². The van der Waals surface area contributed by atoms with Crippen molar-refractivity contribution < 1.29 is 18.0 Å². The molecule has 8 nitrogen and oxygen atoms in total. The number of aromatic amines is 1. The standard InChI is InChI=1S/C16H18F3N7O/c1-2-9-5-25(15(27)21-7-16(17,18)19)6-12(9)26-8-22-11-4-20-14-10(13(11)26)3-23-24-14/h3-4,8-9,12H,2,5-7H2,1H3,(H,21,27)(H,20,23,24). The zero-order valence-corrected chi connectivity index (χ0v) is 14.5. The van der Waals surface area contributed by atoms with Crippen molar-refractivity contribution in [3.8, 4) is 0 Å². The Hall–Kier alpha value is -2.85. The molecule has 2 N–H and O–H groups in total. The number of likely N-dealkylation sites (tertiary alicyclic amines) is 1. The second-order valence-electron chi connectivity index (χ2n) is 6.69. The molecule has 1 aliphatic rings. The predicted molar refractivity (Wildman–Crippen MR) is 91.0 cm³/mol. The molecule has 1 saturated heterocycles. The lowest BCUT2D eigenvalue weighted by atomic mass is 10.0. The van der Waals surface area contributed by atoms with Gasteiger partial charge in [-0.05, 0) is 12.3 Å². The molecule has 2 atom stereocenters. The molecule has 1 fully saturated rings. The number of H-pyrrole nitrogens is 1. The molecule has 3 aromatic heterocycles. The Morgan fingerprint density at radius 3 is 2.89 bits per heavy atom. The number of nitrogens with one attached hydrogen (secondary N) is 2. The van der Waals surface area contributed by atoms with E-state index < -0.39 is 18.8 Å². The Kier molecular flexibility index (Phi) is 4.16. The van der Waals surface area contributed by atoms with E-state index >= 15 is 0 Å². The maximum absolute atomic E-state index is 12.4. The van der Waals surface area contributed by atoms with Gasteiger partial charge in [0.15, 0.2) is 5.65 Å². The highest BCUT2D eigenvalue weighted by Crippen LogP contribution is 2.34. The summed E-state index contributed by atoms with van der Waals surface area (Å²) >= 11 is 0. The number of alkyl halides is 3. The van der Waals surface area contributed by atoms with Crippen molar-refractivity contribution in [2.45, 2.75) is 25.6 Å². The van der Waals surface area contributed by atoms with Crippen molar-refractivity contribution in [2.24, 2.45) is 5.92 Å². The maximum Gasteiger partial charge on any atom is 0.405 e. The number of fused-ring (bicyclic) bond motifs is 3. The highest BCUT2D eigenvalue weighted by atomic mass is 19.4. The summed E-state index contributed by atoms with van der Waals surface area (Å²) in [6, 6.07) is -0.787. The molecule has 4 rings (SSSR count). The smallest absolute Gasteiger partial charge is 0.329 e. The fourth-order valence-electron chi connectivity index (χ4n) is 3.70. The normalized spacial score (nSPS) is 20.7. The van der Waals surface area contributed by atoms with Gasteiger partial charge in [-0.3, -0.25) is 5.10 Å². The third-order valence-corrected chi connectivity index (χ3v) is 5.03. The van der Waals surface area contributed by atoms with Gasteiger partial charge < -0.3 is 14.8 Å². The minimum absolute atomic E-state index is 0.0860. The largest absolute Gasteiger partial charge is 0.405 e. The van der Waals surface area contributed by atoms with Crippen LogP contribution < -0.4 is 5.32 Å². The molecule has 11 heteroatoms. The Balaban J connectivity index is 1.63. The molecule has 1 aliphatic heterocycles. The second kappa shape index (κ2) is 6.39. The maximum atomic E-state index is 12.4. The van der Waals surface area contributed by atoms with Crippen LogP contribution in [-0.4, -0.2) is 61.5 Å². The number of aromatic nitrogens is 5. The highest BCUT2D eigenvalue weighted by Gasteiger charge is 2.37. The van der Waals surface area contributed by atoms with E-state index in [-0.39, 0.29) is 12.0 Å². The molecule has 144 valence electrons. The zero-order valence-electron chi connectivity index (χ0n) is 14.5. The van der Waals surface area contributed by atoms with Crippen LogP contribution in [0.4, 0.5) is 18.0 Å². The number of hydrogen-bond acceptors (Lipinski definition) is 4. The van der Waals surface area contributed by atoms with Crippen LogP contribution in [0, 0.1) is 5.92 Å². The molecule has 0 spiro atoms. The van der Waals surface area contributed by atoms with E-state index in [0.717, 1.165) is 17.3 Å². The highest BCUT2D eigenvalue weighted by molar-refractivity contribution is 6.00. The molecule has 0 aliphatic carbocycles. The van der Waals surface area contributed by atoms with Crippen molar-refractivity contribution >= 4 is 28.1 Å². The predicted octanol–water partition coefficient (Wildman–Crippen LogP) is 2.46. The molecule has 0 radical (unpaired) electrons. The quantitative estimate of drug-likeness (QED) is 0.729.